The molecule has 1 saturated carbocycles. The lowest BCUT2D eigenvalue weighted by Crippen LogP contribution is -2.54. The van der Waals surface area contributed by atoms with Gasteiger partial charge in [0.15, 0.2) is 0 Å². The van der Waals surface area contributed by atoms with E-state index < -0.39 is 11.6 Å². The maximum Gasteiger partial charge on any atom is 0.325 e. The van der Waals surface area contributed by atoms with Gasteiger partial charge in [0.05, 0.1) is 10.9 Å². The molecule has 1 aromatic heterocycles. The maximum atomic E-state index is 13.0. The van der Waals surface area contributed by atoms with Crippen LogP contribution in [0.5, 0.6) is 0 Å². The Morgan fingerprint density at radius 2 is 2.26 bits per heavy atom. The van der Waals surface area contributed by atoms with E-state index in [1.54, 1.807) is 17.0 Å². The van der Waals surface area contributed by atoms with E-state index in [1.165, 1.54) is 11.3 Å². The molecule has 0 bridgehead atoms. The molecule has 146 valence electrons. The van der Waals surface area contributed by atoms with Crippen LogP contribution in [0.15, 0.2) is 24.8 Å². The van der Waals surface area contributed by atoms with Crippen LogP contribution in [-0.4, -0.2) is 46.3 Å². The number of hydrogen-bond acceptors (Lipinski definition) is 4. The van der Waals surface area contributed by atoms with Crippen molar-refractivity contribution in [2.75, 3.05) is 13.1 Å². The highest BCUT2D eigenvalue weighted by Gasteiger charge is 2.55. The van der Waals surface area contributed by atoms with Crippen molar-refractivity contribution in [3.63, 3.8) is 0 Å². The first-order valence-corrected chi connectivity index (χ1v) is 10.3. The van der Waals surface area contributed by atoms with Gasteiger partial charge in [0.2, 0.25) is 5.91 Å². The minimum Gasteiger partial charge on any atom is -0.332 e. The molecule has 0 radical (unpaired) electrons. The molecule has 8 heteroatoms. The third-order valence-electron chi connectivity index (χ3n) is 5.47. The molecule has 0 aromatic carbocycles. The Labute approximate surface area is 168 Å². The highest BCUT2D eigenvalue weighted by Crippen LogP contribution is 2.38. The predicted molar refractivity (Wildman–Crippen MR) is 106 cm³/mol. The molecule has 1 aliphatic carbocycles. The number of rotatable bonds is 6. The summed E-state index contributed by atoms with van der Waals surface area (Å²) in [5.74, 6) is -0.491. The van der Waals surface area contributed by atoms with E-state index in [1.807, 2.05) is 13.0 Å². The van der Waals surface area contributed by atoms with Crippen molar-refractivity contribution in [1.29, 1.82) is 0 Å². The molecule has 6 nitrogen and oxygen atoms in total. The van der Waals surface area contributed by atoms with Gasteiger partial charge in [-0.3, -0.25) is 14.5 Å². The molecule has 2 aliphatic rings. The zero-order valence-electron chi connectivity index (χ0n) is 15.4. The summed E-state index contributed by atoms with van der Waals surface area (Å²) in [6, 6.07) is 3.17. The van der Waals surface area contributed by atoms with Gasteiger partial charge in [-0.15, -0.1) is 17.9 Å². The molecule has 1 spiro atoms. The lowest BCUT2D eigenvalue weighted by Gasteiger charge is -2.36. The molecule has 1 aliphatic heterocycles. The second-order valence-electron chi connectivity index (χ2n) is 7.21. The van der Waals surface area contributed by atoms with Crippen LogP contribution in [0.1, 0.15) is 37.5 Å². The largest absolute Gasteiger partial charge is 0.332 e. The van der Waals surface area contributed by atoms with E-state index >= 15 is 0 Å². The van der Waals surface area contributed by atoms with E-state index in [-0.39, 0.29) is 24.3 Å². The first kappa shape index (κ1) is 19.9. The van der Waals surface area contributed by atoms with Gasteiger partial charge in [0, 0.05) is 11.4 Å². The molecule has 4 amide bonds. The topological polar surface area (TPSA) is 69.7 Å². The average Bonchev–Trinajstić information content (AvgIpc) is 3.14. The van der Waals surface area contributed by atoms with Crippen molar-refractivity contribution >= 4 is 40.8 Å². The second kappa shape index (κ2) is 8.02. The number of thiophene rings is 1. The maximum absolute atomic E-state index is 13.0. The Morgan fingerprint density at radius 1 is 1.48 bits per heavy atom. The van der Waals surface area contributed by atoms with Gasteiger partial charge in [-0.2, -0.15) is 0 Å². The van der Waals surface area contributed by atoms with Crippen LogP contribution in [0.2, 0.25) is 4.34 Å². The van der Waals surface area contributed by atoms with Crippen molar-refractivity contribution in [2.24, 2.45) is 5.92 Å². The Kier molecular flexibility index (Phi) is 5.91. The number of nitrogens with one attached hydrogen (secondary N) is 1. The number of imide groups is 1. The summed E-state index contributed by atoms with van der Waals surface area (Å²) in [5.41, 5.74) is -0.847. The summed E-state index contributed by atoms with van der Waals surface area (Å²) in [4.78, 5) is 41.9. The van der Waals surface area contributed by atoms with Crippen LogP contribution in [0.25, 0.3) is 0 Å². The molecule has 1 saturated heterocycles. The Balaban J connectivity index is 1.72. The number of hydrogen-bond donors (Lipinski definition) is 1. The predicted octanol–water partition coefficient (Wildman–Crippen LogP) is 3.42. The fourth-order valence-electron chi connectivity index (χ4n) is 3.91. The minimum absolute atomic E-state index is 0.0698. The highest BCUT2D eigenvalue weighted by molar-refractivity contribution is 7.16. The molecule has 27 heavy (non-hydrogen) atoms. The van der Waals surface area contributed by atoms with E-state index in [9.17, 15) is 14.4 Å². The monoisotopic (exact) mass is 409 g/mol. The quantitative estimate of drug-likeness (QED) is 0.578. The fourth-order valence-corrected chi connectivity index (χ4v) is 5.01. The van der Waals surface area contributed by atoms with Crippen molar-refractivity contribution < 1.29 is 14.4 Å². The third kappa shape index (κ3) is 3.89. The number of urea groups is 1. The average molecular weight is 410 g/mol. The summed E-state index contributed by atoms with van der Waals surface area (Å²) >= 11 is 7.36. The van der Waals surface area contributed by atoms with Crippen LogP contribution < -0.4 is 5.32 Å². The first-order chi connectivity index (χ1) is 12.9. The van der Waals surface area contributed by atoms with Gasteiger partial charge in [-0.05, 0) is 30.9 Å². The minimum atomic E-state index is -0.847. The number of carbonyl (C=O) groups is 3. The highest BCUT2D eigenvalue weighted by atomic mass is 35.5. The molecule has 1 aromatic rings. The summed E-state index contributed by atoms with van der Waals surface area (Å²) in [6.45, 7) is 6.13. The number of amides is 4. The first-order valence-electron chi connectivity index (χ1n) is 9.14. The number of halogens is 1. The van der Waals surface area contributed by atoms with Crippen LogP contribution >= 0.6 is 22.9 Å². The van der Waals surface area contributed by atoms with E-state index in [0.29, 0.717) is 23.8 Å². The summed E-state index contributed by atoms with van der Waals surface area (Å²) in [6.07, 6.45) is 5.12. The lowest BCUT2D eigenvalue weighted by atomic mass is 9.73. The van der Waals surface area contributed by atoms with Crippen LogP contribution in [0, 0.1) is 5.92 Å². The van der Waals surface area contributed by atoms with Crippen LogP contribution in [0.4, 0.5) is 4.79 Å². The van der Waals surface area contributed by atoms with Gasteiger partial charge in [0.25, 0.3) is 5.91 Å². The summed E-state index contributed by atoms with van der Waals surface area (Å²) < 4.78 is 0.651. The summed E-state index contributed by atoms with van der Waals surface area (Å²) in [5, 5.41) is 2.88. The molecule has 2 fully saturated rings. The van der Waals surface area contributed by atoms with Gasteiger partial charge >= 0.3 is 6.03 Å². The van der Waals surface area contributed by atoms with Crippen molar-refractivity contribution in [3.8, 4) is 0 Å². The molecule has 0 unspecified atom stereocenters. The smallest absolute Gasteiger partial charge is 0.325 e. The number of carbonyl (C=O) groups excluding carboxylic acids is 3. The van der Waals surface area contributed by atoms with E-state index in [0.717, 1.165) is 29.0 Å². The summed E-state index contributed by atoms with van der Waals surface area (Å²) in [7, 11) is 0. The molecule has 3 rings (SSSR count). The van der Waals surface area contributed by atoms with Crippen molar-refractivity contribution in [3.05, 3.63) is 34.0 Å². The SMILES string of the molecule is C=CCN(Cc1ccc(Cl)s1)C(=O)CN1C(=O)N[C@@]2(CCCC[C@@H]2C)C1=O. The van der Waals surface area contributed by atoms with E-state index in [2.05, 4.69) is 11.9 Å². The van der Waals surface area contributed by atoms with Gasteiger partial charge in [0.1, 0.15) is 12.1 Å². The van der Waals surface area contributed by atoms with Gasteiger partial charge in [-0.25, -0.2) is 4.79 Å². The van der Waals surface area contributed by atoms with E-state index in [4.69, 9.17) is 11.6 Å². The zero-order valence-corrected chi connectivity index (χ0v) is 16.9. The molecular formula is C19H24ClN3O3S. The Hall–Kier alpha value is -1.86. The zero-order chi connectivity index (χ0) is 19.6. The van der Waals surface area contributed by atoms with Crippen molar-refractivity contribution in [2.45, 2.75) is 44.7 Å². The molecule has 2 atom stereocenters. The van der Waals surface area contributed by atoms with Crippen LogP contribution in [0.3, 0.4) is 0 Å². The van der Waals surface area contributed by atoms with Crippen LogP contribution in [-0.2, 0) is 16.1 Å². The fraction of sp³-hybridized carbons (Fsp3) is 0.526. The van der Waals surface area contributed by atoms with Gasteiger partial charge < -0.3 is 10.2 Å². The standard InChI is InChI=1S/C19H24ClN3O3S/c1-3-10-22(11-14-7-8-15(20)27-14)16(24)12-23-17(25)19(21-18(23)26)9-5-4-6-13(19)2/h3,7-8,13H,1,4-6,9-12H2,2H3,(H,21,26)/t13-,19+/m0/s1. The second-order valence-corrected chi connectivity index (χ2v) is 9.01. The van der Waals surface area contributed by atoms with Gasteiger partial charge in [-0.1, -0.05) is 37.4 Å². The molecule has 2 heterocycles. The normalized spacial score (nSPS) is 25.0. The molecular weight excluding hydrogens is 386 g/mol. The van der Waals surface area contributed by atoms with Crippen molar-refractivity contribution in [1.82, 2.24) is 15.1 Å². The molecule has 1 N–H and O–H groups in total. The third-order valence-corrected chi connectivity index (χ3v) is 6.69. The lowest BCUT2D eigenvalue weighted by molar-refractivity contribution is -0.140. The number of nitrogens with zero attached hydrogens (tertiary/aromatic N) is 2. The Bertz CT molecular complexity index is 765. The Morgan fingerprint density at radius 3 is 2.89 bits per heavy atom.